The molecule has 0 radical (unpaired) electrons. The van der Waals surface area contributed by atoms with Gasteiger partial charge in [-0.2, -0.15) is 10.2 Å². The molecule has 22 heavy (non-hydrogen) atoms. The van der Waals surface area contributed by atoms with Gasteiger partial charge in [0, 0.05) is 11.8 Å². The third-order valence-electron chi connectivity index (χ3n) is 3.58. The summed E-state index contributed by atoms with van der Waals surface area (Å²) >= 11 is 0. The highest BCUT2D eigenvalue weighted by Crippen LogP contribution is 2.17. The van der Waals surface area contributed by atoms with E-state index >= 15 is 0 Å². The lowest BCUT2D eigenvalue weighted by Gasteiger charge is -2.19. The number of aromatic amines is 1. The summed E-state index contributed by atoms with van der Waals surface area (Å²) in [6.45, 7) is 4.30. The summed E-state index contributed by atoms with van der Waals surface area (Å²) in [7, 11) is 0. The van der Waals surface area contributed by atoms with Gasteiger partial charge in [-0.3, -0.25) is 14.7 Å². The van der Waals surface area contributed by atoms with Crippen LogP contribution in [0.5, 0.6) is 0 Å². The SMILES string of the molecule is Cc1ccc(=O)n(C2COCC2NC(=O)c2cc(C)[nH]n2)n1. The minimum atomic E-state index is -0.323. The van der Waals surface area contributed by atoms with E-state index < -0.39 is 0 Å². The van der Waals surface area contributed by atoms with E-state index in [9.17, 15) is 9.59 Å². The average Bonchev–Trinajstić information content (AvgIpc) is 3.10. The molecule has 2 atom stereocenters. The van der Waals surface area contributed by atoms with Crippen molar-refractivity contribution < 1.29 is 9.53 Å². The Morgan fingerprint density at radius 1 is 1.41 bits per heavy atom. The van der Waals surface area contributed by atoms with Crippen LogP contribution in [-0.4, -0.2) is 45.1 Å². The van der Waals surface area contributed by atoms with Crippen LogP contribution in [0.15, 0.2) is 23.0 Å². The molecule has 1 saturated heterocycles. The number of aryl methyl sites for hydroxylation is 2. The van der Waals surface area contributed by atoms with Crippen LogP contribution in [0, 0.1) is 13.8 Å². The Kier molecular flexibility index (Phi) is 3.76. The number of carbonyl (C=O) groups excluding carboxylic acids is 1. The maximum atomic E-state index is 12.2. The molecule has 1 aliphatic heterocycles. The molecule has 3 heterocycles. The van der Waals surface area contributed by atoms with Crippen LogP contribution in [-0.2, 0) is 4.74 Å². The summed E-state index contributed by atoms with van der Waals surface area (Å²) in [5.74, 6) is -0.300. The molecule has 1 fully saturated rings. The highest BCUT2D eigenvalue weighted by Gasteiger charge is 2.33. The zero-order valence-electron chi connectivity index (χ0n) is 12.4. The Balaban J connectivity index is 1.80. The highest BCUT2D eigenvalue weighted by molar-refractivity contribution is 5.92. The van der Waals surface area contributed by atoms with E-state index in [2.05, 4.69) is 20.6 Å². The molecule has 0 aliphatic carbocycles. The number of rotatable bonds is 3. The number of hydrogen-bond acceptors (Lipinski definition) is 5. The number of nitrogens with zero attached hydrogens (tertiary/aromatic N) is 3. The molecular formula is C14H17N5O3. The number of amides is 1. The molecule has 0 bridgehead atoms. The number of carbonyl (C=O) groups is 1. The van der Waals surface area contributed by atoms with Gasteiger partial charge in [0.15, 0.2) is 0 Å². The minimum Gasteiger partial charge on any atom is -0.377 e. The van der Waals surface area contributed by atoms with Crippen molar-refractivity contribution in [1.82, 2.24) is 25.3 Å². The van der Waals surface area contributed by atoms with Gasteiger partial charge < -0.3 is 10.1 Å². The van der Waals surface area contributed by atoms with Crippen LogP contribution >= 0.6 is 0 Å². The predicted octanol–water partition coefficient (Wildman–Crippen LogP) is -0.0469. The van der Waals surface area contributed by atoms with Gasteiger partial charge >= 0.3 is 0 Å². The molecule has 2 aromatic heterocycles. The Bertz CT molecular complexity index is 751. The third-order valence-corrected chi connectivity index (χ3v) is 3.58. The fraction of sp³-hybridized carbons (Fsp3) is 0.429. The van der Waals surface area contributed by atoms with Gasteiger partial charge in [-0.1, -0.05) is 0 Å². The fourth-order valence-electron chi connectivity index (χ4n) is 2.46. The maximum Gasteiger partial charge on any atom is 0.272 e. The van der Waals surface area contributed by atoms with Crippen molar-refractivity contribution in [3.63, 3.8) is 0 Å². The summed E-state index contributed by atoms with van der Waals surface area (Å²) < 4.78 is 6.80. The first-order chi connectivity index (χ1) is 10.5. The summed E-state index contributed by atoms with van der Waals surface area (Å²) in [4.78, 5) is 24.2. The zero-order valence-corrected chi connectivity index (χ0v) is 12.4. The molecule has 3 rings (SSSR count). The standard InChI is InChI=1S/C14H17N5O3/c1-8-3-4-13(20)19(18-8)12-7-22-6-11(12)15-14(21)10-5-9(2)16-17-10/h3-5,11-12H,6-7H2,1-2H3,(H,15,21)(H,16,17). The number of aromatic nitrogens is 4. The maximum absolute atomic E-state index is 12.2. The molecule has 116 valence electrons. The molecule has 2 N–H and O–H groups in total. The predicted molar refractivity (Wildman–Crippen MR) is 77.7 cm³/mol. The van der Waals surface area contributed by atoms with Gasteiger partial charge in [-0.15, -0.1) is 0 Å². The summed E-state index contributed by atoms with van der Waals surface area (Å²) in [6.07, 6.45) is 0. The first kappa shape index (κ1) is 14.5. The second-order valence-electron chi connectivity index (χ2n) is 5.38. The van der Waals surface area contributed by atoms with Gasteiger partial charge in [-0.05, 0) is 26.0 Å². The Morgan fingerprint density at radius 3 is 2.95 bits per heavy atom. The van der Waals surface area contributed by atoms with Crippen molar-refractivity contribution in [2.45, 2.75) is 25.9 Å². The Hall–Kier alpha value is -2.48. The molecular weight excluding hydrogens is 286 g/mol. The number of ether oxygens (including phenoxy) is 1. The largest absolute Gasteiger partial charge is 0.377 e. The molecule has 1 aliphatic rings. The van der Waals surface area contributed by atoms with Gasteiger partial charge in [-0.25, -0.2) is 4.68 Å². The second-order valence-corrected chi connectivity index (χ2v) is 5.38. The van der Waals surface area contributed by atoms with E-state index in [1.54, 1.807) is 12.1 Å². The topological polar surface area (TPSA) is 102 Å². The van der Waals surface area contributed by atoms with Crippen molar-refractivity contribution in [2.75, 3.05) is 13.2 Å². The van der Waals surface area contributed by atoms with E-state index in [0.717, 1.165) is 11.4 Å². The smallest absolute Gasteiger partial charge is 0.272 e. The number of hydrogen-bond donors (Lipinski definition) is 2. The van der Waals surface area contributed by atoms with Gasteiger partial charge in [0.2, 0.25) is 0 Å². The van der Waals surface area contributed by atoms with Crippen LogP contribution in [0.1, 0.15) is 27.9 Å². The number of nitrogens with one attached hydrogen (secondary N) is 2. The molecule has 0 spiro atoms. The lowest BCUT2D eigenvalue weighted by Crippen LogP contribution is -2.44. The van der Waals surface area contributed by atoms with Crippen LogP contribution < -0.4 is 10.9 Å². The van der Waals surface area contributed by atoms with Crippen molar-refractivity contribution in [3.8, 4) is 0 Å². The van der Waals surface area contributed by atoms with E-state index in [-0.39, 0.29) is 23.6 Å². The molecule has 8 nitrogen and oxygen atoms in total. The van der Waals surface area contributed by atoms with Crippen molar-refractivity contribution in [1.29, 1.82) is 0 Å². The Morgan fingerprint density at radius 2 is 2.23 bits per heavy atom. The summed E-state index contributed by atoms with van der Waals surface area (Å²) in [5, 5.41) is 13.7. The van der Waals surface area contributed by atoms with E-state index in [4.69, 9.17) is 4.74 Å². The lowest BCUT2D eigenvalue weighted by atomic mass is 10.1. The number of H-pyrrole nitrogens is 1. The molecule has 8 heteroatoms. The summed E-state index contributed by atoms with van der Waals surface area (Å²) in [6, 6.07) is 4.15. The second kappa shape index (κ2) is 5.72. The first-order valence-corrected chi connectivity index (χ1v) is 7.01. The summed E-state index contributed by atoms with van der Waals surface area (Å²) in [5.41, 5.74) is 1.64. The monoisotopic (exact) mass is 303 g/mol. The molecule has 2 aromatic rings. The molecule has 2 unspecified atom stereocenters. The van der Waals surface area contributed by atoms with Crippen molar-refractivity contribution in [2.24, 2.45) is 0 Å². The van der Waals surface area contributed by atoms with E-state index in [1.165, 1.54) is 10.7 Å². The van der Waals surface area contributed by atoms with Crippen molar-refractivity contribution >= 4 is 5.91 Å². The normalized spacial score (nSPS) is 21.0. The van der Waals surface area contributed by atoms with E-state index in [1.807, 2.05) is 13.8 Å². The van der Waals surface area contributed by atoms with Crippen LogP contribution in [0.3, 0.4) is 0 Å². The first-order valence-electron chi connectivity index (χ1n) is 7.01. The molecule has 0 aromatic carbocycles. The van der Waals surface area contributed by atoms with Crippen LogP contribution in [0.4, 0.5) is 0 Å². The fourth-order valence-corrected chi connectivity index (χ4v) is 2.46. The van der Waals surface area contributed by atoms with Gasteiger partial charge in [0.25, 0.3) is 11.5 Å². The van der Waals surface area contributed by atoms with Crippen LogP contribution in [0.2, 0.25) is 0 Å². The van der Waals surface area contributed by atoms with Crippen LogP contribution in [0.25, 0.3) is 0 Å². The van der Waals surface area contributed by atoms with E-state index in [0.29, 0.717) is 18.9 Å². The quantitative estimate of drug-likeness (QED) is 0.828. The Labute approximate surface area is 126 Å². The average molecular weight is 303 g/mol. The van der Waals surface area contributed by atoms with Gasteiger partial charge in [0.1, 0.15) is 11.7 Å². The van der Waals surface area contributed by atoms with Gasteiger partial charge in [0.05, 0.1) is 24.9 Å². The lowest BCUT2D eigenvalue weighted by molar-refractivity contribution is 0.0919. The minimum absolute atomic E-state index is 0.212. The van der Waals surface area contributed by atoms with Crippen molar-refractivity contribution in [3.05, 3.63) is 45.6 Å². The highest BCUT2D eigenvalue weighted by atomic mass is 16.5. The third kappa shape index (κ3) is 2.77. The molecule has 0 saturated carbocycles. The molecule has 1 amide bonds. The zero-order chi connectivity index (χ0) is 15.7.